The fourth-order valence-corrected chi connectivity index (χ4v) is 4.79. The van der Waals surface area contributed by atoms with Crippen LogP contribution < -0.4 is 0 Å². The molecule has 0 aromatic carbocycles. The van der Waals surface area contributed by atoms with Crippen molar-refractivity contribution in [3.8, 4) is 0 Å². The number of hydrogen-bond acceptors (Lipinski definition) is 2. The van der Waals surface area contributed by atoms with Gasteiger partial charge in [-0.15, -0.1) is 0 Å². The molecular weight excluding hydrogens is 340 g/mol. The molecule has 0 rings (SSSR count). The molecule has 0 bridgehead atoms. The summed E-state index contributed by atoms with van der Waals surface area (Å²) in [5.74, 6) is 0. The summed E-state index contributed by atoms with van der Waals surface area (Å²) in [6.07, 6.45) is 12.1. The molecule has 0 saturated carbocycles. The molecule has 2 nitrogen and oxygen atoms in total. The Bertz CT molecular complexity index is 415. The van der Waals surface area contributed by atoms with E-state index in [9.17, 15) is 0 Å². The third kappa shape index (κ3) is 18.4. The third-order valence-corrected chi connectivity index (χ3v) is 6.08. The van der Waals surface area contributed by atoms with Crippen LogP contribution in [-0.4, -0.2) is 29.3 Å². The molecule has 0 fully saturated rings. The van der Waals surface area contributed by atoms with Gasteiger partial charge < -0.3 is 8.85 Å². The van der Waals surface area contributed by atoms with E-state index >= 15 is 0 Å². The molecule has 0 aromatic rings. The first-order valence-corrected chi connectivity index (χ1v) is 16.8. The van der Waals surface area contributed by atoms with Gasteiger partial charge in [0.25, 0.3) is 0 Å². The van der Waals surface area contributed by atoms with Gasteiger partial charge >= 0.3 is 0 Å². The molecule has 0 radical (unpaired) electrons. The SMILES string of the molecule is C/C(=C\CCC(C)O[Si](C)(C)C)CC/C=C(\C)CCCO[Si](C)(C)C. The highest BCUT2D eigenvalue weighted by molar-refractivity contribution is 6.70. The lowest BCUT2D eigenvalue weighted by atomic mass is 10.1. The van der Waals surface area contributed by atoms with Gasteiger partial charge in [0.2, 0.25) is 0 Å². The van der Waals surface area contributed by atoms with Crippen molar-refractivity contribution in [1.29, 1.82) is 0 Å². The zero-order chi connectivity index (χ0) is 19.5. The van der Waals surface area contributed by atoms with Crippen molar-refractivity contribution in [2.45, 2.75) is 105 Å². The molecule has 148 valence electrons. The Morgan fingerprint density at radius 2 is 1.40 bits per heavy atom. The van der Waals surface area contributed by atoms with E-state index in [0.29, 0.717) is 6.10 Å². The molecule has 0 N–H and O–H groups in total. The van der Waals surface area contributed by atoms with Crippen LogP contribution in [0.3, 0.4) is 0 Å². The first kappa shape index (κ1) is 24.8. The maximum atomic E-state index is 6.09. The van der Waals surface area contributed by atoms with Crippen LogP contribution in [0.25, 0.3) is 0 Å². The molecule has 1 atom stereocenters. The summed E-state index contributed by atoms with van der Waals surface area (Å²) in [6.45, 7) is 21.2. The number of hydrogen-bond donors (Lipinski definition) is 0. The van der Waals surface area contributed by atoms with Crippen LogP contribution in [0.15, 0.2) is 23.3 Å². The Balaban J connectivity index is 3.90. The lowest BCUT2D eigenvalue weighted by molar-refractivity contribution is 0.205. The van der Waals surface area contributed by atoms with Crippen molar-refractivity contribution in [1.82, 2.24) is 0 Å². The molecule has 0 aliphatic carbocycles. The number of rotatable bonds is 13. The summed E-state index contributed by atoms with van der Waals surface area (Å²) in [5.41, 5.74) is 3.01. The molecule has 25 heavy (non-hydrogen) atoms. The maximum Gasteiger partial charge on any atom is 0.184 e. The average Bonchev–Trinajstić information content (AvgIpc) is 2.40. The fourth-order valence-electron chi connectivity index (χ4n) is 2.71. The monoisotopic (exact) mass is 384 g/mol. The summed E-state index contributed by atoms with van der Waals surface area (Å²) < 4.78 is 12.0. The molecule has 0 aromatic heterocycles. The Hall–Kier alpha value is -0.166. The minimum atomic E-state index is -1.39. The molecule has 0 aliphatic rings. The van der Waals surface area contributed by atoms with E-state index < -0.39 is 16.6 Å². The predicted octanol–water partition coefficient (Wildman–Crippen LogP) is 7.31. The maximum absolute atomic E-state index is 6.09. The highest BCUT2D eigenvalue weighted by Gasteiger charge is 2.17. The van der Waals surface area contributed by atoms with Gasteiger partial charge in [0.05, 0.1) is 0 Å². The zero-order valence-corrected chi connectivity index (χ0v) is 20.5. The van der Waals surface area contributed by atoms with E-state index in [1.54, 1.807) is 0 Å². The van der Waals surface area contributed by atoms with E-state index in [0.717, 1.165) is 32.3 Å². The summed E-state index contributed by atoms with van der Waals surface area (Å²) in [6, 6.07) is 0. The van der Waals surface area contributed by atoms with E-state index in [1.165, 1.54) is 24.0 Å². The van der Waals surface area contributed by atoms with Gasteiger partial charge in [-0.25, -0.2) is 0 Å². The van der Waals surface area contributed by atoms with Crippen LogP contribution in [0.2, 0.25) is 39.3 Å². The van der Waals surface area contributed by atoms with Crippen molar-refractivity contribution < 1.29 is 8.85 Å². The normalized spacial score (nSPS) is 15.6. The lowest BCUT2D eigenvalue weighted by Gasteiger charge is -2.23. The van der Waals surface area contributed by atoms with Crippen molar-refractivity contribution in [3.63, 3.8) is 0 Å². The minimum Gasteiger partial charge on any atom is -0.418 e. The first-order chi connectivity index (χ1) is 11.4. The third-order valence-electron chi connectivity index (χ3n) is 3.90. The summed E-state index contributed by atoms with van der Waals surface area (Å²) >= 11 is 0. The van der Waals surface area contributed by atoms with Gasteiger partial charge in [0, 0.05) is 12.7 Å². The van der Waals surface area contributed by atoms with Gasteiger partial charge in [0.15, 0.2) is 16.6 Å². The van der Waals surface area contributed by atoms with Crippen LogP contribution >= 0.6 is 0 Å². The van der Waals surface area contributed by atoms with Gasteiger partial charge in [-0.1, -0.05) is 23.3 Å². The van der Waals surface area contributed by atoms with Crippen molar-refractivity contribution in [3.05, 3.63) is 23.3 Å². The van der Waals surface area contributed by atoms with Crippen LogP contribution in [0.1, 0.15) is 59.3 Å². The largest absolute Gasteiger partial charge is 0.418 e. The van der Waals surface area contributed by atoms with Crippen molar-refractivity contribution in [2.24, 2.45) is 0 Å². The molecule has 4 heteroatoms. The van der Waals surface area contributed by atoms with Gasteiger partial charge in [-0.3, -0.25) is 0 Å². The van der Waals surface area contributed by atoms with Gasteiger partial charge in [-0.2, -0.15) is 0 Å². The fraction of sp³-hybridized carbons (Fsp3) is 0.810. The Kier molecular flexibility index (Phi) is 12.2. The number of allylic oxidation sites excluding steroid dienone is 4. The van der Waals surface area contributed by atoms with E-state index in [2.05, 4.69) is 72.2 Å². The minimum absolute atomic E-state index is 0.385. The van der Waals surface area contributed by atoms with Gasteiger partial charge in [-0.05, 0) is 98.6 Å². The average molecular weight is 385 g/mol. The lowest BCUT2D eigenvalue weighted by Crippen LogP contribution is -2.30. The molecule has 0 heterocycles. The molecule has 1 unspecified atom stereocenters. The first-order valence-electron chi connectivity index (χ1n) is 10.0. The van der Waals surface area contributed by atoms with Gasteiger partial charge in [0.1, 0.15) is 0 Å². The van der Waals surface area contributed by atoms with Crippen LogP contribution in [0.5, 0.6) is 0 Å². The quantitative estimate of drug-likeness (QED) is 0.188. The molecular formula is C21H44O2Si2. The van der Waals surface area contributed by atoms with Crippen molar-refractivity contribution >= 4 is 16.6 Å². The highest BCUT2D eigenvalue weighted by Crippen LogP contribution is 2.15. The predicted molar refractivity (Wildman–Crippen MR) is 118 cm³/mol. The van der Waals surface area contributed by atoms with E-state index in [-0.39, 0.29) is 0 Å². The van der Waals surface area contributed by atoms with E-state index in [4.69, 9.17) is 8.85 Å². The topological polar surface area (TPSA) is 18.5 Å². The smallest absolute Gasteiger partial charge is 0.184 e. The second-order valence-corrected chi connectivity index (χ2v) is 18.3. The van der Waals surface area contributed by atoms with Crippen LogP contribution in [0, 0.1) is 0 Å². The Labute approximate surface area is 160 Å². The molecule has 0 amide bonds. The summed E-state index contributed by atoms with van der Waals surface area (Å²) in [4.78, 5) is 0. The Morgan fingerprint density at radius 1 is 0.840 bits per heavy atom. The summed E-state index contributed by atoms with van der Waals surface area (Å²) in [5, 5.41) is 0. The highest BCUT2D eigenvalue weighted by atomic mass is 28.4. The second-order valence-electron chi connectivity index (χ2n) is 9.32. The molecule has 0 aliphatic heterocycles. The molecule has 0 spiro atoms. The van der Waals surface area contributed by atoms with E-state index in [1.807, 2.05) is 0 Å². The van der Waals surface area contributed by atoms with Crippen molar-refractivity contribution in [2.75, 3.05) is 6.61 Å². The Morgan fingerprint density at radius 3 is 1.96 bits per heavy atom. The zero-order valence-electron chi connectivity index (χ0n) is 18.5. The standard InChI is InChI=1S/C21H44O2Si2/c1-19(15-11-17-21(3)23-25(7,8)9)13-10-14-20(2)16-12-18-22-24(4,5)6/h14-15,21H,10-13,16-18H2,1-9H3/b19-15+,20-14+. The second kappa shape index (κ2) is 12.3. The van der Waals surface area contributed by atoms with Crippen LogP contribution in [-0.2, 0) is 8.85 Å². The summed E-state index contributed by atoms with van der Waals surface area (Å²) in [7, 11) is -2.73. The van der Waals surface area contributed by atoms with Crippen LogP contribution in [0.4, 0.5) is 0 Å². The molecule has 0 saturated heterocycles.